The molecule has 98 valence electrons. The molecule has 2 N–H and O–H groups in total. The molecular weight excluding hydrogens is 306 g/mol. The van der Waals surface area contributed by atoms with E-state index in [0.29, 0.717) is 10.9 Å². The van der Waals surface area contributed by atoms with E-state index in [-0.39, 0.29) is 11.5 Å². The zero-order valence-corrected chi connectivity index (χ0v) is 11.4. The maximum Gasteiger partial charge on any atom is 0.329 e. The predicted octanol–water partition coefficient (Wildman–Crippen LogP) is 2.42. The van der Waals surface area contributed by atoms with Gasteiger partial charge in [0.2, 0.25) is 0 Å². The summed E-state index contributed by atoms with van der Waals surface area (Å²) in [5.74, 6) is -0.760. The van der Waals surface area contributed by atoms with Crippen molar-refractivity contribution in [1.29, 1.82) is 0 Å². The van der Waals surface area contributed by atoms with Crippen LogP contribution < -0.4 is 5.32 Å². The summed E-state index contributed by atoms with van der Waals surface area (Å²) in [6, 6.07) is 1.27. The molecule has 0 aliphatic carbocycles. The van der Waals surface area contributed by atoms with Crippen molar-refractivity contribution >= 4 is 33.4 Å². The Morgan fingerprint density at radius 2 is 2.33 bits per heavy atom. The molecule has 0 saturated heterocycles. The first kappa shape index (κ1) is 14.4. The first-order valence-electron chi connectivity index (χ1n) is 5.11. The standard InChI is InChI=1S/C10H12BrN3O4/c1-3-10(2,9(15)16)13-8-7(11)4-6(5-12-8)14(17)18/h4-5H,3H2,1-2H3,(H,12,13)(H,15,16). The molecule has 7 nitrogen and oxygen atoms in total. The highest BCUT2D eigenvalue weighted by Gasteiger charge is 2.32. The molecule has 0 saturated carbocycles. The van der Waals surface area contributed by atoms with Gasteiger partial charge in [-0.1, -0.05) is 6.92 Å². The summed E-state index contributed by atoms with van der Waals surface area (Å²) in [5, 5.41) is 22.4. The maximum absolute atomic E-state index is 11.1. The maximum atomic E-state index is 11.1. The minimum absolute atomic E-state index is 0.166. The number of anilines is 1. The van der Waals surface area contributed by atoms with E-state index in [9.17, 15) is 14.9 Å². The van der Waals surface area contributed by atoms with Gasteiger partial charge in [0, 0.05) is 6.07 Å². The molecule has 1 rings (SSSR count). The van der Waals surface area contributed by atoms with Crippen molar-refractivity contribution in [2.75, 3.05) is 5.32 Å². The summed E-state index contributed by atoms with van der Waals surface area (Å²) in [4.78, 5) is 25.0. The van der Waals surface area contributed by atoms with E-state index in [1.165, 1.54) is 13.0 Å². The van der Waals surface area contributed by atoms with E-state index in [1.807, 2.05) is 0 Å². The topological polar surface area (TPSA) is 105 Å². The van der Waals surface area contributed by atoms with Gasteiger partial charge in [-0.25, -0.2) is 9.78 Å². The average molecular weight is 318 g/mol. The first-order chi connectivity index (χ1) is 8.30. The molecule has 1 aromatic rings. The molecule has 0 aliphatic rings. The number of carboxylic acid groups (broad SMARTS) is 1. The number of rotatable bonds is 5. The molecule has 0 amide bonds. The van der Waals surface area contributed by atoms with Crippen molar-refractivity contribution in [3.8, 4) is 0 Å². The van der Waals surface area contributed by atoms with Gasteiger partial charge in [-0.2, -0.15) is 0 Å². The second kappa shape index (κ2) is 5.30. The molecule has 18 heavy (non-hydrogen) atoms. The van der Waals surface area contributed by atoms with Crippen molar-refractivity contribution in [2.24, 2.45) is 0 Å². The van der Waals surface area contributed by atoms with Gasteiger partial charge in [-0.3, -0.25) is 10.1 Å². The Bertz CT molecular complexity index is 494. The van der Waals surface area contributed by atoms with Crippen LogP contribution in [-0.2, 0) is 4.79 Å². The van der Waals surface area contributed by atoms with Gasteiger partial charge < -0.3 is 10.4 Å². The molecule has 1 heterocycles. The van der Waals surface area contributed by atoms with Gasteiger partial charge in [0.05, 0.1) is 9.40 Å². The van der Waals surface area contributed by atoms with Crippen molar-refractivity contribution in [1.82, 2.24) is 4.98 Å². The Kier molecular flexibility index (Phi) is 4.23. The lowest BCUT2D eigenvalue weighted by atomic mass is 9.99. The number of aliphatic carboxylic acids is 1. The third kappa shape index (κ3) is 2.95. The lowest BCUT2D eigenvalue weighted by Crippen LogP contribution is -2.43. The third-order valence-electron chi connectivity index (χ3n) is 2.61. The molecule has 8 heteroatoms. The molecule has 0 bridgehead atoms. The van der Waals surface area contributed by atoms with Crippen molar-refractivity contribution in [2.45, 2.75) is 25.8 Å². The van der Waals surface area contributed by atoms with Crippen LogP contribution in [-0.4, -0.2) is 26.5 Å². The molecule has 0 fully saturated rings. The monoisotopic (exact) mass is 317 g/mol. The minimum atomic E-state index is -1.17. The highest BCUT2D eigenvalue weighted by molar-refractivity contribution is 9.10. The van der Waals surface area contributed by atoms with Crippen LogP contribution in [0.15, 0.2) is 16.7 Å². The van der Waals surface area contributed by atoms with Crippen LogP contribution in [0.4, 0.5) is 11.5 Å². The number of nitrogens with one attached hydrogen (secondary N) is 1. The van der Waals surface area contributed by atoms with E-state index in [0.717, 1.165) is 6.20 Å². The van der Waals surface area contributed by atoms with Gasteiger partial charge in [0.1, 0.15) is 17.6 Å². The number of nitro groups is 1. The molecular formula is C10H12BrN3O4. The predicted molar refractivity (Wildman–Crippen MR) is 68.5 cm³/mol. The highest BCUT2D eigenvalue weighted by atomic mass is 79.9. The molecule has 1 unspecified atom stereocenters. The summed E-state index contributed by atoms with van der Waals surface area (Å²) < 4.78 is 0.345. The van der Waals surface area contributed by atoms with Gasteiger partial charge >= 0.3 is 5.97 Å². The Hall–Kier alpha value is -1.70. The quantitative estimate of drug-likeness (QED) is 0.638. The van der Waals surface area contributed by atoms with E-state index >= 15 is 0 Å². The molecule has 0 aromatic carbocycles. The van der Waals surface area contributed by atoms with Crippen molar-refractivity contribution < 1.29 is 14.8 Å². The van der Waals surface area contributed by atoms with E-state index in [2.05, 4.69) is 26.2 Å². The Labute approximate surface area is 112 Å². The molecule has 1 aromatic heterocycles. The number of halogens is 1. The van der Waals surface area contributed by atoms with E-state index < -0.39 is 16.4 Å². The summed E-state index contributed by atoms with van der Waals surface area (Å²) in [5.41, 5.74) is -1.34. The Morgan fingerprint density at radius 1 is 1.72 bits per heavy atom. The largest absolute Gasteiger partial charge is 0.480 e. The fourth-order valence-electron chi connectivity index (χ4n) is 1.17. The van der Waals surface area contributed by atoms with Gasteiger partial charge in [0.15, 0.2) is 0 Å². The molecule has 0 spiro atoms. The normalized spacial score (nSPS) is 13.7. The summed E-state index contributed by atoms with van der Waals surface area (Å²) in [7, 11) is 0. The SMILES string of the molecule is CCC(C)(Nc1ncc([N+](=O)[O-])cc1Br)C(=O)O. The zero-order valence-electron chi connectivity index (χ0n) is 9.81. The smallest absolute Gasteiger partial charge is 0.329 e. The minimum Gasteiger partial charge on any atom is -0.480 e. The molecule has 0 aliphatic heterocycles. The van der Waals surface area contributed by atoms with Crippen LogP contribution in [0.5, 0.6) is 0 Å². The fraction of sp³-hybridized carbons (Fsp3) is 0.400. The van der Waals surface area contributed by atoms with Crippen molar-refractivity contribution in [3.05, 3.63) is 26.9 Å². The fourth-order valence-corrected chi connectivity index (χ4v) is 1.61. The lowest BCUT2D eigenvalue weighted by Gasteiger charge is -2.25. The first-order valence-corrected chi connectivity index (χ1v) is 5.91. The van der Waals surface area contributed by atoms with Crippen LogP contribution in [0.2, 0.25) is 0 Å². The van der Waals surface area contributed by atoms with E-state index in [4.69, 9.17) is 5.11 Å². The molecule has 1 atom stereocenters. The summed E-state index contributed by atoms with van der Waals surface area (Å²) in [6.07, 6.45) is 1.42. The van der Waals surface area contributed by atoms with Gasteiger partial charge in [0.25, 0.3) is 5.69 Å². The van der Waals surface area contributed by atoms with Crippen molar-refractivity contribution in [3.63, 3.8) is 0 Å². The van der Waals surface area contributed by atoms with Crippen LogP contribution in [0.25, 0.3) is 0 Å². The van der Waals surface area contributed by atoms with Gasteiger partial charge in [-0.05, 0) is 29.3 Å². The second-order valence-electron chi connectivity index (χ2n) is 3.90. The third-order valence-corrected chi connectivity index (χ3v) is 3.22. The average Bonchev–Trinajstić information content (AvgIpc) is 2.31. The zero-order chi connectivity index (χ0) is 13.9. The van der Waals surface area contributed by atoms with Crippen LogP contribution in [0.3, 0.4) is 0 Å². The van der Waals surface area contributed by atoms with Crippen LogP contribution in [0.1, 0.15) is 20.3 Å². The second-order valence-corrected chi connectivity index (χ2v) is 4.75. The number of nitrogens with zero attached hydrogens (tertiary/aromatic N) is 2. The van der Waals surface area contributed by atoms with Gasteiger partial charge in [-0.15, -0.1) is 0 Å². The number of carbonyl (C=O) groups is 1. The lowest BCUT2D eigenvalue weighted by molar-refractivity contribution is -0.385. The van der Waals surface area contributed by atoms with E-state index in [1.54, 1.807) is 6.92 Å². The Balaban J connectivity index is 3.05. The number of hydrogen-bond acceptors (Lipinski definition) is 5. The van der Waals surface area contributed by atoms with Crippen LogP contribution in [0, 0.1) is 10.1 Å². The number of pyridine rings is 1. The van der Waals surface area contributed by atoms with Crippen LogP contribution >= 0.6 is 15.9 Å². The number of hydrogen-bond donors (Lipinski definition) is 2. The summed E-state index contributed by atoms with van der Waals surface area (Å²) >= 11 is 3.12. The highest BCUT2D eigenvalue weighted by Crippen LogP contribution is 2.27. The Morgan fingerprint density at radius 3 is 2.72 bits per heavy atom. The summed E-state index contributed by atoms with van der Waals surface area (Å²) in [6.45, 7) is 3.24. The molecule has 0 radical (unpaired) electrons. The number of aromatic nitrogens is 1. The number of carboxylic acids is 1.